The van der Waals surface area contributed by atoms with Crippen LogP contribution in [0.25, 0.3) is 0 Å². The van der Waals surface area contributed by atoms with Crippen LogP contribution in [0, 0.1) is 0 Å². The molecule has 10 nitrogen and oxygen atoms in total. The van der Waals surface area contributed by atoms with Gasteiger partial charge in [-0.1, -0.05) is 174 Å². The van der Waals surface area contributed by atoms with Crippen LogP contribution >= 0.6 is 0 Å². The molecule has 6 unspecified atom stereocenters. The number of rotatable bonds is 36. The van der Waals surface area contributed by atoms with Crippen molar-refractivity contribution in [2.24, 2.45) is 0 Å². The summed E-state index contributed by atoms with van der Waals surface area (Å²) in [4.78, 5) is 24.8. The standard InChI is InChI=1S/C42H80O10/c1-3-5-7-8-9-10-11-12-13-14-15-16-17-18-19-20-21-22-23-24-25-26-27-29-31-38(45)51-35(33-49-37(44)30-28-6-4-2)34-50-42-41(48)40(47)39(46)36(32-43)52-42/h35-36,39-43,46-48H,3-34H2,1-2H3. The zero-order chi connectivity index (χ0) is 38.1. The fourth-order valence-electron chi connectivity index (χ4n) is 6.78. The first-order valence-electron chi connectivity index (χ1n) is 21.6. The van der Waals surface area contributed by atoms with Crippen LogP contribution in [0.3, 0.4) is 0 Å². The Kier molecular flexibility index (Phi) is 32.1. The number of unbranched alkanes of at least 4 members (excludes halogenated alkanes) is 25. The first kappa shape index (κ1) is 48.7. The second-order valence-electron chi connectivity index (χ2n) is 15.2. The van der Waals surface area contributed by atoms with Gasteiger partial charge < -0.3 is 39.4 Å². The second kappa shape index (κ2) is 34.2. The Morgan fingerprint density at radius 3 is 1.35 bits per heavy atom. The molecule has 4 N–H and O–H groups in total. The lowest BCUT2D eigenvalue weighted by Gasteiger charge is -2.39. The molecule has 52 heavy (non-hydrogen) atoms. The van der Waals surface area contributed by atoms with Crippen molar-refractivity contribution in [1.82, 2.24) is 0 Å². The average molecular weight is 745 g/mol. The van der Waals surface area contributed by atoms with E-state index in [-0.39, 0.29) is 26.1 Å². The molecule has 0 bridgehead atoms. The summed E-state index contributed by atoms with van der Waals surface area (Å²) in [6, 6.07) is 0. The third-order valence-corrected chi connectivity index (χ3v) is 10.2. The normalized spacial score (nSPS) is 20.9. The van der Waals surface area contributed by atoms with Gasteiger partial charge in [0, 0.05) is 12.8 Å². The number of esters is 2. The van der Waals surface area contributed by atoms with E-state index in [1.165, 1.54) is 128 Å². The highest BCUT2D eigenvalue weighted by atomic mass is 16.7. The van der Waals surface area contributed by atoms with Gasteiger partial charge in [0.15, 0.2) is 12.4 Å². The highest BCUT2D eigenvalue weighted by Gasteiger charge is 2.44. The zero-order valence-corrected chi connectivity index (χ0v) is 33.3. The second-order valence-corrected chi connectivity index (χ2v) is 15.2. The van der Waals surface area contributed by atoms with Gasteiger partial charge in [-0.3, -0.25) is 9.59 Å². The van der Waals surface area contributed by atoms with E-state index in [4.69, 9.17) is 18.9 Å². The molecule has 6 atom stereocenters. The molecule has 1 rings (SSSR count). The van der Waals surface area contributed by atoms with Gasteiger partial charge >= 0.3 is 11.9 Å². The number of hydrogen-bond donors (Lipinski definition) is 4. The number of aliphatic hydroxyl groups excluding tert-OH is 4. The lowest BCUT2D eigenvalue weighted by Crippen LogP contribution is -2.59. The van der Waals surface area contributed by atoms with Crippen molar-refractivity contribution in [3.8, 4) is 0 Å². The van der Waals surface area contributed by atoms with Gasteiger partial charge in [0.2, 0.25) is 0 Å². The smallest absolute Gasteiger partial charge is 0.306 e. The van der Waals surface area contributed by atoms with Gasteiger partial charge in [0.05, 0.1) is 13.2 Å². The van der Waals surface area contributed by atoms with Crippen LogP contribution in [0.4, 0.5) is 0 Å². The van der Waals surface area contributed by atoms with Gasteiger partial charge in [-0.05, 0) is 12.8 Å². The Bertz CT molecular complexity index is 825. The summed E-state index contributed by atoms with van der Waals surface area (Å²) < 4.78 is 21.8. The molecule has 1 saturated heterocycles. The SMILES string of the molecule is CCCCCCCCCCCCCCCCCCCCCCCCCCC(=O)OC(COC(=O)CCCCC)COC1OC(CO)C(O)C(O)C1O. The van der Waals surface area contributed by atoms with E-state index >= 15 is 0 Å². The molecule has 1 heterocycles. The van der Waals surface area contributed by atoms with Crippen molar-refractivity contribution < 1.29 is 49.0 Å². The minimum Gasteiger partial charge on any atom is -0.462 e. The van der Waals surface area contributed by atoms with E-state index < -0.39 is 55.4 Å². The van der Waals surface area contributed by atoms with E-state index in [0.717, 1.165) is 32.1 Å². The van der Waals surface area contributed by atoms with Gasteiger partial charge in [0.25, 0.3) is 0 Å². The number of carbonyl (C=O) groups is 2. The molecular formula is C42H80O10. The van der Waals surface area contributed by atoms with Crippen LogP contribution in [0.5, 0.6) is 0 Å². The zero-order valence-electron chi connectivity index (χ0n) is 33.3. The summed E-state index contributed by atoms with van der Waals surface area (Å²) in [5, 5.41) is 39.7. The molecule has 0 saturated carbocycles. The molecule has 0 spiro atoms. The molecule has 1 aliphatic rings. The summed E-state index contributed by atoms with van der Waals surface area (Å²) in [7, 11) is 0. The van der Waals surface area contributed by atoms with E-state index in [0.29, 0.717) is 12.8 Å². The van der Waals surface area contributed by atoms with E-state index in [9.17, 15) is 30.0 Å². The van der Waals surface area contributed by atoms with Gasteiger partial charge in [-0.15, -0.1) is 0 Å². The van der Waals surface area contributed by atoms with Gasteiger partial charge in [-0.25, -0.2) is 0 Å². The molecule has 1 aliphatic heterocycles. The molecule has 308 valence electrons. The molecule has 10 heteroatoms. The minimum absolute atomic E-state index is 0.215. The van der Waals surface area contributed by atoms with E-state index in [1.54, 1.807) is 0 Å². The summed E-state index contributed by atoms with van der Waals surface area (Å²) in [5.41, 5.74) is 0. The Balaban J connectivity index is 2.10. The van der Waals surface area contributed by atoms with Crippen molar-refractivity contribution in [3.63, 3.8) is 0 Å². The average Bonchev–Trinajstić information content (AvgIpc) is 3.14. The van der Waals surface area contributed by atoms with Crippen molar-refractivity contribution in [3.05, 3.63) is 0 Å². The fraction of sp³-hybridized carbons (Fsp3) is 0.952. The van der Waals surface area contributed by atoms with Crippen molar-refractivity contribution in [1.29, 1.82) is 0 Å². The number of hydrogen-bond acceptors (Lipinski definition) is 10. The lowest BCUT2D eigenvalue weighted by atomic mass is 9.99. The Hall–Kier alpha value is -1.30. The maximum Gasteiger partial charge on any atom is 0.306 e. The summed E-state index contributed by atoms with van der Waals surface area (Å²) in [5.74, 6) is -0.824. The predicted octanol–water partition coefficient (Wildman–Crippen LogP) is 8.61. The van der Waals surface area contributed by atoms with Crippen molar-refractivity contribution >= 4 is 11.9 Å². The van der Waals surface area contributed by atoms with E-state index in [1.807, 2.05) is 6.92 Å². The quantitative estimate of drug-likeness (QED) is 0.0363. The minimum atomic E-state index is -1.59. The number of aliphatic hydroxyl groups is 4. The van der Waals surface area contributed by atoms with Crippen LogP contribution in [0.15, 0.2) is 0 Å². The molecule has 0 aromatic heterocycles. The predicted molar refractivity (Wildman–Crippen MR) is 206 cm³/mol. The fourth-order valence-corrected chi connectivity index (χ4v) is 6.78. The number of ether oxygens (including phenoxy) is 4. The molecule has 0 amide bonds. The van der Waals surface area contributed by atoms with Crippen LogP contribution in [0.2, 0.25) is 0 Å². The van der Waals surface area contributed by atoms with Crippen LogP contribution in [-0.4, -0.2) is 89.0 Å². The molecular weight excluding hydrogens is 664 g/mol. The first-order valence-corrected chi connectivity index (χ1v) is 21.6. The molecule has 0 aliphatic carbocycles. The first-order chi connectivity index (χ1) is 25.3. The molecule has 0 aromatic carbocycles. The van der Waals surface area contributed by atoms with E-state index in [2.05, 4.69) is 6.92 Å². The Labute approximate surface area is 317 Å². The van der Waals surface area contributed by atoms with Crippen LogP contribution < -0.4 is 0 Å². The molecule has 1 fully saturated rings. The third kappa shape index (κ3) is 25.7. The maximum absolute atomic E-state index is 12.6. The summed E-state index contributed by atoms with van der Waals surface area (Å²) >= 11 is 0. The van der Waals surface area contributed by atoms with Gasteiger partial charge in [0.1, 0.15) is 31.0 Å². The van der Waals surface area contributed by atoms with Crippen LogP contribution in [0.1, 0.15) is 200 Å². The lowest BCUT2D eigenvalue weighted by molar-refractivity contribution is -0.305. The molecule has 0 radical (unpaired) electrons. The summed E-state index contributed by atoms with van der Waals surface area (Å²) in [6.45, 7) is 3.26. The van der Waals surface area contributed by atoms with Crippen molar-refractivity contribution in [2.75, 3.05) is 19.8 Å². The van der Waals surface area contributed by atoms with Crippen LogP contribution in [-0.2, 0) is 28.5 Å². The Morgan fingerprint density at radius 2 is 0.904 bits per heavy atom. The third-order valence-electron chi connectivity index (χ3n) is 10.2. The van der Waals surface area contributed by atoms with Crippen molar-refractivity contribution in [2.45, 2.75) is 237 Å². The maximum atomic E-state index is 12.6. The molecule has 0 aromatic rings. The Morgan fingerprint density at radius 1 is 0.519 bits per heavy atom. The summed E-state index contributed by atoms with van der Waals surface area (Å²) in [6.07, 6.45) is 26.5. The highest BCUT2D eigenvalue weighted by Crippen LogP contribution is 2.23. The topological polar surface area (TPSA) is 152 Å². The number of carbonyl (C=O) groups excluding carboxylic acids is 2. The highest BCUT2D eigenvalue weighted by molar-refractivity contribution is 5.70. The largest absolute Gasteiger partial charge is 0.462 e. The van der Waals surface area contributed by atoms with Gasteiger partial charge in [-0.2, -0.15) is 0 Å². The monoisotopic (exact) mass is 745 g/mol.